The number of aliphatic hydroxyl groups excluding tert-OH is 1. The summed E-state index contributed by atoms with van der Waals surface area (Å²) in [4.78, 5) is 2.38. The van der Waals surface area contributed by atoms with Gasteiger partial charge in [0.1, 0.15) is 0 Å². The van der Waals surface area contributed by atoms with Gasteiger partial charge in [0.2, 0.25) is 0 Å². The number of morpholine rings is 1. The maximum Gasteiger partial charge on any atom is 0.0936 e. The van der Waals surface area contributed by atoms with Gasteiger partial charge in [-0.1, -0.05) is 18.2 Å². The standard InChI is InChI=1S/C15H22N2O2.ClH/c1-11-7-17(9-14(10-18)19-11)8-13-4-2-3-12-5-6-16-15(12)13;/h2-4,11,14,16,18H,5-10H2,1H3;1H. The van der Waals surface area contributed by atoms with Crippen molar-refractivity contribution >= 4 is 18.1 Å². The summed E-state index contributed by atoms with van der Waals surface area (Å²) in [5, 5.41) is 12.8. The number of para-hydroxylation sites is 1. The van der Waals surface area contributed by atoms with E-state index in [-0.39, 0.29) is 31.2 Å². The van der Waals surface area contributed by atoms with Crippen molar-refractivity contribution in [1.82, 2.24) is 4.90 Å². The second-order valence-corrected chi connectivity index (χ2v) is 5.57. The summed E-state index contributed by atoms with van der Waals surface area (Å²) < 4.78 is 5.69. The Morgan fingerprint density at radius 3 is 3.05 bits per heavy atom. The number of aliphatic hydroxyl groups is 1. The van der Waals surface area contributed by atoms with Gasteiger partial charge in [0.05, 0.1) is 18.8 Å². The van der Waals surface area contributed by atoms with Gasteiger partial charge < -0.3 is 15.2 Å². The zero-order chi connectivity index (χ0) is 13.2. The fraction of sp³-hybridized carbons (Fsp3) is 0.600. The molecule has 2 N–H and O–H groups in total. The predicted molar refractivity (Wildman–Crippen MR) is 82.6 cm³/mol. The summed E-state index contributed by atoms with van der Waals surface area (Å²) in [5.41, 5.74) is 4.11. The first-order valence-electron chi connectivity index (χ1n) is 7.09. The normalized spacial score (nSPS) is 25.7. The molecule has 0 aromatic heterocycles. The third kappa shape index (κ3) is 3.26. The van der Waals surface area contributed by atoms with E-state index in [0.29, 0.717) is 0 Å². The van der Waals surface area contributed by atoms with Gasteiger partial charge in [-0.3, -0.25) is 4.90 Å². The third-order valence-electron chi connectivity index (χ3n) is 3.93. The number of benzene rings is 1. The molecule has 3 rings (SSSR count). The molecule has 2 unspecified atom stereocenters. The van der Waals surface area contributed by atoms with E-state index in [0.717, 1.165) is 32.6 Å². The molecule has 0 saturated carbocycles. The average molecular weight is 299 g/mol. The van der Waals surface area contributed by atoms with Crippen LogP contribution in [-0.2, 0) is 17.7 Å². The highest BCUT2D eigenvalue weighted by atomic mass is 35.5. The second kappa shape index (κ2) is 6.76. The molecule has 0 spiro atoms. The van der Waals surface area contributed by atoms with Crippen molar-refractivity contribution in [3.63, 3.8) is 0 Å². The van der Waals surface area contributed by atoms with Gasteiger partial charge in [-0.2, -0.15) is 0 Å². The van der Waals surface area contributed by atoms with Crippen molar-refractivity contribution in [3.8, 4) is 0 Å². The van der Waals surface area contributed by atoms with Gasteiger partial charge in [0.25, 0.3) is 0 Å². The number of hydrogen-bond acceptors (Lipinski definition) is 4. The van der Waals surface area contributed by atoms with Crippen LogP contribution < -0.4 is 5.32 Å². The van der Waals surface area contributed by atoms with Gasteiger partial charge in [-0.05, 0) is 24.5 Å². The van der Waals surface area contributed by atoms with E-state index in [4.69, 9.17) is 4.74 Å². The molecular weight excluding hydrogens is 276 g/mol. The van der Waals surface area contributed by atoms with E-state index in [2.05, 4.69) is 35.3 Å². The molecule has 0 bridgehead atoms. The van der Waals surface area contributed by atoms with E-state index in [1.54, 1.807) is 0 Å². The SMILES string of the molecule is CC1CN(Cc2cccc3c2NCC3)CC(CO)O1.Cl. The molecule has 0 aliphatic carbocycles. The Morgan fingerprint density at radius 2 is 2.25 bits per heavy atom. The quantitative estimate of drug-likeness (QED) is 0.891. The summed E-state index contributed by atoms with van der Waals surface area (Å²) >= 11 is 0. The topological polar surface area (TPSA) is 44.7 Å². The van der Waals surface area contributed by atoms with E-state index in [9.17, 15) is 5.11 Å². The van der Waals surface area contributed by atoms with E-state index in [1.165, 1.54) is 16.8 Å². The van der Waals surface area contributed by atoms with Gasteiger partial charge >= 0.3 is 0 Å². The largest absolute Gasteiger partial charge is 0.394 e. The summed E-state index contributed by atoms with van der Waals surface area (Å²) in [6, 6.07) is 6.55. The first-order valence-corrected chi connectivity index (χ1v) is 7.09. The maximum atomic E-state index is 9.28. The van der Waals surface area contributed by atoms with Crippen LogP contribution in [0.5, 0.6) is 0 Å². The molecular formula is C15H23ClN2O2. The Kier molecular flexibility index (Phi) is 5.27. The first-order chi connectivity index (χ1) is 9.26. The molecule has 2 aliphatic rings. The Labute approximate surface area is 126 Å². The highest BCUT2D eigenvalue weighted by Crippen LogP contribution is 2.28. The highest BCUT2D eigenvalue weighted by Gasteiger charge is 2.25. The smallest absolute Gasteiger partial charge is 0.0936 e. The van der Waals surface area contributed by atoms with Crippen molar-refractivity contribution in [2.45, 2.75) is 32.1 Å². The number of nitrogens with one attached hydrogen (secondary N) is 1. The fourth-order valence-electron chi connectivity index (χ4n) is 3.15. The molecule has 1 saturated heterocycles. The van der Waals surface area contributed by atoms with Crippen LogP contribution in [0, 0.1) is 0 Å². The van der Waals surface area contributed by atoms with Crippen LogP contribution >= 0.6 is 12.4 Å². The molecule has 2 atom stereocenters. The van der Waals surface area contributed by atoms with Crippen LogP contribution in [0.25, 0.3) is 0 Å². The molecule has 5 heteroatoms. The molecule has 1 aromatic rings. The van der Waals surface area contributed by atoms with Crippen molar-refractivity contribution in [2.24, 2.45) is 0 Å². The van der Waals surface area contributed by atoms with Crippen molar-refractivity contribution in [3.05, 3.63) is 29.3 Å². The minimum Gasteiger partial charge on any atom is -0.394 e. The van der Waals surface area contributed by atoms with Crippen LogP contribution in [0.3, 0.4) is 0 Å². The lowest BCUT2D eigenvalue weighted by Crippen LogP contribution is -2.47. The third-order valence-corrected chi connectivity index (χ3v) is 3.93. The lowest BCUT2D eigenvalue weighted by atomic mass is 10.1. The zero-order valence-electron chi connectivity index (χ0n) is 11.8. The molecule has 20 heavy (non-hydrogen) atoms. The van der Waals surface area contributed by atoms with Crippen LogP contribution in [0.4, 0.5) is 5.69 Å². The number of nitrogens with zero attached hydrogens (tertiary/aromatic N) is 1. The second-order valence-electron chi connectivity index (χ2n) is 5.57. The molecule has 2 aliphatic heterocycles. The fourth-order valence-corrected chi connectivity index (χ4v) is 3.15. The molecule has 112 valence electrons. The molecule has 1 aromatic carbocycles. The van der Waals surface area contributed by atoms with E-state index in [1.807, 2.05) is 0 Å². The van der Waals surface area contributed by atoms with Crippen LogP contribution in [0.15, 0.2) is 18.2 Å². The van der Waals surface area contributed by atoms with Crippen LogP contribution in [0.2, 0.25) is 0 Å². The van der Waals surface area contributed by atoms with Crippen molar-refractivity contribution in [1.29, 1.82) is 0 Å². The molecule has 0 radical (unpaired) electrons. The summed E-state index contributed by atoms with van der Waals surface area (Å²) in [7, 11) is 0. The number of halogens is 1. The van der Waals surface area contributed by atoms with E-state index >= 15 is 0 Å². The van der Waals surface area contributed by atoms with Gasteiger partial charge in [0, 0.05) is 31.9 Å². The number of rotatable bonds is 3. The molecule has 1 fully saturated rings. The Morgan fingerprint density at radius 1 is 1.40 bits per heavy atom. The van der Waals surface area contributed by atoms with Crippen molar-refractivity contribution < 1.29 is 9.84 Å². The lowest BCUT2D eigenvalue weighted by Gasteiger charge is -2.36. The monoisotopic (exact) mass is 298 g/mol. The van der Waals surface area contributed by atoms with Crippen molar-refractivity contribution in [2.75, 3.05) is 31.6 Å². The van der Waals surface area contributed by atoms with Gasteiger partial charge in [-0.15, -0.1) is 12.4 Å². The molecule has 0 amide bonds. The summed E-state index contributed by atoms with van der Waals surface area (Å²) in [5.74, 6) is 0. The highest BCUT2D eigenvalue weighted by molar-refractivity contribution is 5.85. The van der Waals surface area contributed by atoms with E-state index < -0.39 is 0 Å². The Balaban J connectivity index is 0.00000147. The lowest BCUT2D eigenvalue weighted by molar-refractivity contribution is -0.0972. The average Bonchev–Trinajstić information content (AvgIpc) is 2.87. The predicted octanol–water partition coefficient (Wildman–Crippen LogP) is 1.66. The minimum atomic E-state index is -0.0477. The summed E-state index contributed by atoms with van der Waals surface area (Å²) in [6.45, 7) is 5.89. The Bertz CT molecular complexity index is 455. The van der Waals surface area contributed by atoms with Crippen LogP contribution in [-0.4, -0.2) is 48.5 Å². The molecule has 2 heterocycles. The maximum absolute atomic E-state index is 9.28. The first kappa shape index (κ1) is 15.6. The van der Waals surface area contributed by atoms with Gasteiger partial charge in [-0.25, -0.2) is 0 Å². The number of ether oxygens (including phenoxy) is 1. The number of fused-ring (bicyclic) bond motifs is 1. The van der Waals surface area contributed by atoms with Gasteiger partial charge in [0.15, 0.2) is 0 Å². The number of hydrogen-bond donors (Lipinski definition) is 2. The van der Waals surface area contributed by atoms with Crippen LogP contribution in [0.1, 0.15) is 18.1 Å². The molecule has 4 nitrogen and oxygen atoms in total. The zero-order valence-corrected chi connectivity index (χ0v) is 12.7. The minimum absolute atomic E-state index is 0. The number of anilines is 1. The Hall–Kier alpha value is -0.810. The summed E-state index contributed by atoms with van der Waals surface area (Å²) in [6.07, 6.45) is 1.27.